The van der Waals surface area contributed by atoms with Gasteiger partial charge >= 0.3 is 5.97 Å². The quantitative estimate of drug-likeness (QED) is 0.744. The number of nitrogens with one attached hydrogen (secondary N) is 2. The van der Waals surface area contributed by atoms with Crippen molar-refractivity contribution in [3.8, 4) is 0 Å². The zero-order chi connectivity index (χ0) is 16.5. The van der Waals surface area contributed by atoms with Crippen LogP contribution in [0.1, 0.15) is 30.6 Å². The van der Waals surface area contributed by atoms with Crippen molar-refractivity contribution in [1.29, 1.82) is 0 Å². The number of hydrogen-bond acceptors (Lipinski definition) is 4. The number of benzene rings is 1. The molecule has 0 aliphatic rings. The first-order valence-corrected chi connectivity index (χ1v) is 7.31. The number of halogens is 1. The van der Waals surface area contributed by atoms with Gasteiger partial charge in [0.25, 0.3) is 5.91 Å². The van der Waals surface area contributed by atoms with Crippen molar-refractivity contribution in [1.82, 2.24) is 10.6 Å². The summed E-state index contributed by atoms with van der Waals surface area (Å²) in [5.41, 5.74) is 0.258. The molecular formula is C15H19ClN2O4. The minimum absolute atomic E-state index is 0.258. The van der Waals surface area contributed by atoms with E-state index in [0.29, 0.717) is 11.6 Å². The summed E-state index contributed by atoms with van der Waals surface area (Å²) in [7, 11) is 0. The van der Waals surface area contributed by atoms with Crippen LogP contribution in [0.15, 0.2) is 24.3 Å². The van der Waals surface area contributed by atoms with Gasteiger partial charge in [0, 0.05) is 11.6 Å². The Hall–Kier alpha value is -2.08. The second-order valence-corrected chi connectivity index (χ2v) is 5.10. The van der Waals surface area contributed by atoms with Crippen molar-refractivity contribution in [2.24, 2.45) is 0 Å². The predicted octanol–water partition coefficient (Wildman–Crippen LogP) is 1.53. The van der Waals surface area contributed by atoms with Crippen LogP contribution in [0, 0.1) is 0 Å². The topological polar surface area (TPSA) is 84.5 Å². The molecule has 2 N–H and O–H groups in total. The van der Waals surface area contributed by atoms with Gasteiger partial charge in [0.15, 0.2) is 6.61 Å². The van der Waals surface area contributed by atoms with Crippen LogP contribution in [0.4, 0.5) is 0 Å². The smallest absolute Gasteiger partial charge is 0.338 e. The fourth-order valence-corrected chi connectivity index (χ4v) is 1.77. The van der Waals surface area contributed by atoms with Gasteiger partial charge in [0.1, 0.15) is 6.04 Å². The van der Waals surface area contributed by atoms with Gasteiger partial charge in [-0.1, -0.05) is 24.6 Å². The van der Waals surface area contributed by atoms with Crippen LogP contribution in [0.3, 0.4) is 0 Å². The zero-order valence-corrected chi connectivity index (χ0v) is 13.3. The largest absolute Gasteiger partial charge is 0.452 e. The molecule has 0 aromatic heterocycles. The lowest BCUT2D eigenvalue weighted by atomic mass is 10.2. The number of hydrogen-bond donors (Lipinski definition) is 2. The molecule has 0 spiro atoms. The first kappa shape index (κ1) is 18.0. The summed E-state index contributed by atoms with van der Waals surface area (Å²) in [4.78, 5) is 34.9. The maximum Gasteiger partial charge on any atom is 0.338 e. The van der Waals surface area contributed by atoms with Crippen molar-refractivity contribution in [3.05, 3.63) is 34.9 Å². The van der Waals surface area contributed by atoms with Crippen LogP contribution in [0.25, 0.3) is 0 Å². The number of ether oxygens (including phenoxy) is 1. The minimum atomic E-state index is -0.691. The number of amides is 2. The van der Waals surface area contributed by atoms with E-state index in [1.807, 2.05) is 6.92 Å². The molecule has 0 unspecified atom stereocenters. The molecule has 2 amide bonds. The lowest BCUT2D eigenvalue weighted by molar-refractivity contribution is -0.130. The van der Waals surface area contributed by atoms with E-state index >= 15 is 0 Å². The van der Waals surface area contributed by atoms with Gasteiger partial charge in [0.05, 0.1) is 5.56 Å². The van der Waals surface area contributed by atoms with Gasteiger partial charge in [-0.05, 0) is 31.5 Å². The molecule has 7 heteroatoms. The van der Waals surface area contributed by atoms with Gasteiger partial charge in [-0.15, -0.1) is 0 Å². The summed E-state index contributed by atoms with van der Waals surface area (Å²) in [6, 6.07) is 5.53. The van der Waals surface area contributed by atoms with E-state index in [1.54, 1.807) is 19.1 Å². The number of carbonyl (C=O) groups excluding carboxylic acids is 3. The van der Waals surface area contributed by atoms with Crippen molar-refractivity contribution >= 4 is 29.4 Å². The van der Waals surface area contributed by atoms with Gasteiger partial charge in [-0.25, -0.2) is 4.79 Å². The number of rotatable bonds is 7. The molecule has 1 rings (SSSR count). The Labute approximate surface area is 134 Å². The SMILES string of the molecule is CCCNC(=O)[C@@H](C)NC(=O)COC(=O)c1cccc(Cl)c1. The molecule has 1 atom stereocenters. The van der Waals surface area contributed by atoms with Crippen LogP contribution < -0.4 is 10.6 Å². The molecule has 0 fully saturated rings. The average molecular weight is 327 g/mol. The van der Waals surface area contributed by atoms with E-state index < -0.39 is 24.5 Å². The van der Waals surface area contributed by atoms with E-state index in [4.69, 9.17) is 16.3 Å². The third-order valence-corrected chi connectivity index (χ3v) is 2.95. The highest BCUT2D eigenvalue weighted by Crippen LogP contribution is 2.11. The van der Waals surface area contributed by atoms with Crippen LogP contribution >= 0.6 is 11.6 Å². The molecule has 0 heterocycles. The normalized spacial score (nSPS) is 11.4. The maximum atomic E-state index is 11.7. The highest BCUT2D eigenvalue weighted by atomic mass is 35.5. The number of carbonyl (C=O) groups is 3. The Balaban J connectivity index is 2.39. The molecule has 0 saturated heterocycles. The lowest BCUT2D eigenvalue weighted by Crippen LogP contribution is -2.46. The Morgan fingerprint density at radius 3 is 2.68 bits per heavy atom. The van der Waals surface area contributed by atoms with Gasteiger partial charge in [-0.2, -0.15) is 0 Å². The summed E-state index contributed by atoms with van der Waals surface area (Å²) in [5.74, 6) is -1.48. The molecule has 6 nitrogen and oxygen atoms in total. The molecular weight excluding hydrogens is 308 g/mol. The second-order valence-electron chi connectivity index (χ2n) is 4.67. The van der Waals surface area contributed by atoms with Gasteiger partial charge < -0.3 is 15.4 Å². The standard InChI is InChI=1S/C15H19ClN2O4/c1-3-7-17-14(20)10(2)18-13(19)9-22-15(21)11-5-4-6-12(16)8-11/h4-6,8,10H,3,7,9H2,1-2H3,(H,17,20)(H,18,19)/t10-/m1/s1. The van der Waals surface area contributed by atoms with Crippen LogP contribution in [-0.2, 0) is 14.3 Å². The van der Waals surface area contributed by atoms with Gasteiger partial charge in [-0.3, -0.25) is 9.59 Å². The molecule has 0 bridgehead atoms. The van der Waals surface area contributed by atoms with Crippen molar-refractivity contribution in [2.45, 2.75) is 26.3 Å². The fraction of sp³-hybridized carbons (Fsp3) is 0.400. The van der Waals surface area contributed by atoms with E-state index in [1.165, 1.54) is 12.1 Å². The second kappa shape index (κ2) is 9.04. The molecule has 0 aliphatic carbocycles. The summed E-state index contributed by atoms with van der Waals surface area (Å²) >= 11 is 5.77. The van der Waals surface area contributed by atoms with E-state index in [9.17, 15) is 14.4 Å². The monoisotopic (exact) mass is 326 g/mol. The summed E-state index contributed by atoms with van der Waals surface area (Å²) < 4.78 is 4.87. The molecule has 1 aromatic rings. The summed E-state index contributed by atoms with van der Waals surface area (Å²) in [6.45, 7) is 3.57. The molecule has 0 radical (unpaired) electrons. The highest BCUT2D eigenvalue weighted by molar-refractivity contribution is 6.30. The molecule has 0 saturated carbocycles. The summed E-state index contributed by atoms with van der Waals surface area (Å²) in [5, 5.41) is 5.51. The summed E-state index contributed by atoms with van der Waals surface area (Å²) in [6.07, 6.45) is 0.809. The molecule has 1 aromatic carbocycles. The lowest BCUT2D eigenvalue weighted by Gasteiger charge is -2.13. The van der Waals surface area contributed by atoms with Crippen LogP contribution in [0.2, 0.25) is 5.02 Å². The Bertz CT molecular complexity index is 548. The van der Waals surface area contributed by atoms with Crippen LogP contribution in [0.5, 0.6) is 0 Å². The highest BCUT2D eigenvalue weighted by Gasteiger charge is 2.16. The zero-order valence-electron chi connectivity index (χ0n) is 12.5. The number of esters is 1. The fourth-order valence-electron chi connectivity index (χ4n) is 1.58. The third kappa shape index (κ3) is 6.13. The van der Waals surface area contributed by atoms with E-state index in [2.05, 4.69) is 10.6 Å². The van der Waals surface area contributed by atoms with E-state index in [0.717, 1.165) is 6.42 Å². The Morgan fingerprint density at radius 2 is 2.05 bits per heavy atom. The Kier molecular flexibility index (Phi) is 7.39. The van der Waals surface area contributed by atoms with Crippen molar-refractivity contribution in [3.63, 3.8) is 0 Å². The first-order valence-electron chi connectivity index (χ1n) is 6.93. The third-order valence-electron chi connectivity index (χ3n) is 2.71. The van der Waals surface area contributed by atoms with Crippen molar-refractivity contribution in [2.75, 3.05) is 13.2 Å². The minimum Gasteiger partial charge on any atom is -0.452 e. The Morgan fingerprint density at radius 1 is 1.32 bits per heavy atom. The molecule has 22 heavy (non-hydrogen) atoms. The van der Waals surface area contributed by atoms with Gasteiger partial charge in [0.2, 0.25) is 5.91 Å². The molecule has 0 aliphatic heterocycles. The van der Waals surface area contributed by atoms with Crippen molar-refractivity contribution < 1.29 is 19.1 Å². The average Bonchev–Trinajstić information content (AvgIpc) is 2.50. The predicted molar refractivity (Wildman–Crippen MR) is 82.6 cm³/mol. The maximum absolute atomic E-state index is 11.7. The first-order chi connectivity index (χ1) is 10.4. The molecule has 120 valence electrons. The van der Waals surface area contributed by atoms with Crippen LogP contribution in [-0.4, -0.2) is 37.0 Å². The van der Waals surface area contributed by atoms with E-state index in [-0.39, 0.29) is 11.5 Å².